The molecule has 1 atom stereocenters. The zero-order valence-electron chi connectivity index (χ0n) is 12.0. The number of sulfone groups is 1. The van der Waals surface area contributed by atoms with Gasteiger partial charge in [0.05, 0.1) is 11.0 Å². The summed E-state index contributed by atoms with van der Waals surface area (Å²) in [7, 11) is -3.25. The third-order valence-corrected chi connectivity index (χ3v) is 5.48. The minimum absolute atomic E-state index is 0.139. The maximum absolute atomic E-state index is 12.2. The number of hydroxylamine groups is 1. The van der Waals surface area contributed by atoms with Crippen molar-refractivity contribution in [3.05, 3.63) is 0 Å². The Morgan fingerprint density at radius 2 is 1.74 bits per heavy atom. The van der Waals surface area contributed by atoms with Gasteiger partial charge >= 0.3 is 0 Å². The first-order chi connectivity index (χ1) is 8.97. The van der Waals surface area contributed by atoms with E-state index in [0.717, 1.165) is 32.1 Å². The van der Waals surface area contributed by atoms with Gasteiger partial charge in [-0.15, -0.1) is 0 Å². The summed E-state index contributed by atoms with van der Waals surface area (Å²) < 4.78 is 24.4. The van der Waals surface area contributed by atoms with E-state index in [-0.39, 0.29) is 12.2 Å². The molecular formula is C13H27NO4S. The minimum atomic E-state index is -3.25. The van der Waals surface area contributed by atoms with E-state index in [4.69, 9.17) is 5.21 Å². The van der Waals surface area contributed by atoms with Crippen LogP contribution in [0.2, 0.25) is 0 Å². The summed E-state index contributed by atoms with van der Waals surface area (Å²) in [4.78, 5) is 11.2. The molecule has 1 unspecified atom stereocenters. The first-order valence-electron chi connectivity index (χ1n) is 7.12. The lowest BCUT2D eigenvalue weighted by atomic mass is 10.1. The Morgan fingerprint density at radius 3 is 2.26 bits per heavy atom. The van der Waals surface area contributed by atoms with Crippen molar-refractivity contribution < 1.29 is 18.4 Å². The van der Waals surface area contributed by atoms with Crippen LogP contribution in [0, 0.1) is 0 Å². The van der Waals surface area contributed by atoms with Gasteiger partial charge in [-0.3, -0.25) is 10.0 Å². The number of rotatable bonds is 11. The molecule has 0 spiro atoms. The van der Waals surface area contributed by atoms with Crippen molar-refractivity contribution in [3.63, 3.8) is 0 Å². The second-order valence-corrected chi connectivity index (χ2v) is 7.33. The second kappa shape index (κ2) is 10.2. The summed E-state index contributed by atoms with van der Waals surface area (Å²) in [5.41, 5.74) is 1.52. The van der Waals surface area contributed by atoms with E-state index in [2.05, 4.69) is 6.92 Å². The molecule has 0 heterocycles. The van der Waals surface area contributed by atoms with Gasteiger partial charge in [0.1, 0.15) is 0 Å². The van der Waals surface area contributed by atoms with E-state index in [0.29, 0.717) is 12.8 Å². The molecule has 0 aromatic rings. The van der Waals surface area contributed by atoms with Crippen LogP contribution in [0.4, 0.5) is 0 Å². The van der Waals surface area contributed by atoms with Gasteiger partial charge in [0.2, 0.25) is 5.91 Å². The summed E-state index contributed by atoms with van der Waals surface area (Å²) >= 11 is 0. The summed E-state index contributed by atoms with van der Waals surface area (Å²) in [5, 5.41) is 7.86. The van der Waals surface area contributed by atoms with Crippen LogP contribution in [0.1, 0.15) is 65.2 Å². The van der Waals surface area contributed by atoms with Crippen LogP contribution >= 0.6 is 0 Å². The molecule has 2 N–H and O–H groups in total. The molecule has 0 aliphatic heterocycles. The van der Waals surface area contributed by atoms with Crippen LogP contribution in [-0.2, 0) is 14.6 Å². The fourth-order valence-corrected chi connectivity index (χ4v) is 3.86. The Bertz CT molecular complexity index is 341. The first-order valence-corrected chi connectivity index (χ1v) is 8.84. The SMILES string of the molecule is CCCCCCS(=O)(=O)C(CCCC)CC(=O)NO. The van der Waals surface area contributed by atoms with Crippen molar-refractivity contribution >= 4 is 15.7 Å². The van der Waals surface area contributed by atoms with Crippen LogP contribution in [0.15, 0.2) is 0 Å². The fourth-order valence-electron chi connectivity index (χ4n) is 1.99. The molecule has 0 aliphatic carbocycles. The van der Waals surface area contributed by atoms with E-state index < -0.39 is 21.0 Å². The molecule has 19 heavy (non-hydrogen) atoms. The van der Waals surface area contributed by atoms with Crippen molar-refractivity contribution in [2.45, 2.75) is 70.5 Å². The molecular weight excluding hydrogens is 266 g/mol. The molecule has 1 amide bonds. The van der Waals surface area contributed by atoms with Gasteiger partial charge in [0, 0.05) is 6.42 Å². The van der Waals surface area contributed by atoms with E-state index in [1.165, 1.54) is 5.48 Å². The second-order valence-electron chi connectivity index (χ2n) is 4.93. The van der Waals surface area contributed by atoms with E-state index >= 15 is 0 Å². The molecule has 0 aromatic carbocycles. The topological polar surface area (TPSA) is 83.5 Å². The number of carbonyl (C=O) groups is 1. The van der Waals surface area contributed by atoms with Crippen LogP contribution in [-0.4, -0.2) is 30.5 Å². The monoisotopic (exact) mass is 293 g/mol. The predicted octanol–water partition coefficient (Wildman–Crippen LogP) is 2.44. The van der Waals surface area contributed by atoms with Crippen LogP contribution < -0.4 is 5.48 Å². The quantitative estimate of drug-likeness (QED) is 0.348. The summed E-state index contributed by atoms with van der Waals surface area (Å²) in [6.45, 7) is 4.06. The lowest BCUT2D eigenvalue weighted by Crippen LogP contribution is -2.31. The number of hydrogen-bond acceptors (Lipinski definition) is 4. The summed E-state index contributed by atoms with van der Waals surface area (Å²) in [6, 6.07) is 0. The van der Waals surface area contributed by atoms with Crippen molar-refractivity contribution in [1.29, 1.82) is 0 Å². The molecule has 5 nitrogen and oxygen atoms in total. The maximum atomic E-state index is 12.2. The number of hydrogen-bond donors (Lipinski definition) is 2. The third kappa shape index (κ3) is 8.21. The average Bonchev–Trinajstić information content (AvgIpc) is 2.39. The van der Waals surface area contributed by atoms with Gasteiger partial charge in [-0.2, -0.15) is 0 Å². The van der Waals surface area contributed by atoms with Crippen molar-refractivity contribution in [1.82, 2.24) is 5.48 Å². The van der Waals surface area contributed by atoms with Gasteiger partial charge in [-0.1, -0.05) is 46.0 Å². The molecule has 0 aliphatic rings. The largest absolute Gasteiger partial charge is 0.289 e. The standard InChI is InChI=1S/C13H27NO4S/c1-3-5-7-8-10-19(17,18)12(9-6-4-2)11-13(15)14-16/h12,16H,3-11H2,1-2H3,(H,14,15). The van der Waals surface area contributed by atoms with Crippen molar-refractivity contribution in [2.75, 3.05) is 5.75 Å². The Kier molecular flexibility index (Phi) is 9.87. The normalized spacial score (nSPS) is 13.2. The first kappa shape index (κ1) is 18.4. The van der Waals surface area contributed by atoms with Crippen molar-refractivity contribution in [2.24, 2.45) is 0 Å². The Hall–Kier alpha value is -0.620. The van der Waals surface area contributed by atoms with Gasteiger partial charge in [-0.05, 0) is 12.8 Å². The lowest BCUT2D eigenvalue weighted by Gasteiger charge is -2.16. The number of carbonyl (C=O) groups excluding carboxylic acids is 1. The molecule has 114 valence electrons. The summed E-state index contributed by atoms with van der Waals surface area (Å²) in [6.07, 6.45) is 5.66. The van der Waals surface area contributed by atoms with Crippen LogP contribution in [0.3, 0.4) is 0 Å². The highest BCUT2D eigenvalue weighted by molar-refractivity contribution is 7.92. The van der Waals surface area contributed by atoms with E-state index in [1.54, 1.807) is 0 Å². The average molecular weight is 293 g/mol. The fraction of sp³-hybridized carbons (Fsp3) is 0.923. The molecule has 0 bridgehead atoms. The Morgan fingerprint density at radius 1 is 1.11 bits per heavy atom. The number of amides is 1. The number of nitrogens with one attached hydrogen (secondary N) is 1. The Labute approximate surface area is 116 Å². The molecule has 0 rings (SSSR count). The van der Waals surface area contributed by atoms with Crippen LogP contribution in [0.25, 0.3) is 0 Å². The molecule has 0 radical (unpaired) electrons. The molecule has 0 aromatic heterocycles. The predicted molar refractivity (Wildman–Crippen MR) is 75.8 cm³/mol. The van der Waals surface area contributed by atoms with E-state index in [9.17, 15) is 13.2 Å². The van der Waals surface area contributed by atoms with E-state index in [1.807, 2.05) is 6.92 Å². The third-order valence-electron chi connectivity index (χ3n) is 3.21. The molecule has 0 saturated carbocycles. The highest BCUT2D eigenvalue weighted by atomic mass is 32.2. The van der Waals surface area contributed by atoms with Crippen LogP contribution in [0.5, 0.6) is 0 Å². The molecule has 6 heteroatoms. The number of unbranched alkanes of at least 4 members (excludes halogenated alkanes) is 4. The molecule has 0 fully saturated rings. The smallest absolute Gasteiger partial charge is 0.244 e. The Balaban J connectivity index is 4.48. The summed E-state index contributed by atoms with van der Waals surface area (Å²) in [5.74, 6) is -0.488. The highest BCUT2D eigenvalue weighted by Gasteiger charge is 2.26. The van der Waals surface area contributed by atoms with Crippen molar-refractivity contribution in [3.8, 4) is 0 Å². The van der Waals surface area contributed by atoms with Gasteiger partial charge in [0.15, 0.2) is 9.84 Å². The maximum Gasteiger partial charge on any atom is 0.244 e. The van der Waals surface area contributed by atoms with Gasteiger partial charge < -0.3 is 0 Å². The van der Waals surface area contributed by atoms with Gasteiger partial charge in [0.25, 0.3) is 0 Å². The highest BCUT2D eigenvalue weighted by Crippen LogP contribution is 2.17. The molecule has 0 saturated heterocycles. The van der Waals surface area contributed by atoms with Gasteiger partial charge in [-0.25, -0.2) is 13.9 Å². The zero-order chi connectivity index (χ0) is 14.7. The zero-order valence-corrected chi connectivity index (χ0v) is 12.8. The lowest BCUT2D eigenvalue weighted by molar-refractivity contribution is -0.129. The minimum Gasteiger partial charge on any atom is -0.289 e.